The van der Waals surface area contributed by atoms with E-state index in [9.17, 15) is 4.79 Å². The minimum atomic E-state index is -0.644. The van der Waals surface area contributed by atoms with Gasteiger partial charge in [0.1, 0.15) is 30.4 Å². The lowest BCUT2D eigenvalue weighted by atomic mass is 9.90. The molecule has 7 heteroatoms. The fourth-order valence-electron chi connectivity index (χ4n) is 4.38. The number of carbonyl (C=O) groups excluding carboxylic acids is 1. The first-order valence-electron chi connectivity index (χ1n) is 11.9. The number of carbonyl (C=O) groups is 1. The van der Waals surface area contributed by atoms with Crippen LogP contribution in [-0.4, -0.2) is 32.0 Å². The molecule has 1 aliphatic rings. The van der Waals surface area contributed by atoms with Gasteiger partial charge in [-0.25, -0.2) is 9.18 Å². The molecule has 36 heavy (non-hydrogen) atoms. The van der Waals surface area contributed by atoms with Gasteiger partial charge in [-0.15, -0.1) is 0 Å². The third-order valence-electron chi connectivity index (χ3n) is 6.07. The number of hydrogen-bond donors (Lipinski definition) is 1. The zero-order chi connectivity index (χ0) is 26.0. The normalized spacial score (nSPS) is 12.8. The van der Waals surface area contributed by atoms with E-state index in [4.69, 9.17) is 18.9 Å². The van der Waals surface area contributed by atoms with Gasteiger partial charge in [0.2, 0.25) is 0 Å². The van der Waals surface area contributed by atoms with Crippen LogP contribution in [0.15, 0.2) is 42.5 Å². The van der Waals surface area contributed by atoms with Crippen molar-refractivity contribution in [2.45, 2.75) is 46.8 Å². The lowest BCUT2D eigenvalue weighted by Gasteiger charge is -2.23. The largest absolute Gasteiger partial charge is 0.496 e. The molecule has 3 aromatic carbocycles. The number of fused-ring (bicyclic) bond motifs is 1. The molecule has 0 unspecified atom stereocenters. The van der Waals surface area contributed by atoms with Crippen LogP contribution < -0.4 is 19.5 Å². The molecule has 6 nitrogen and oxygen atoms in total. The van der Waals surface area contributed by atoms with Crippen molar-refractivity contribution in [2.24, 2.45) is 0 Å². The highest BCUT2D eigenvalue weighted by Crippen LogP contribution is 2.42. The first kappa shape index (κ1) is 25.4. The molecule has 0 saturated heterocycles. The maximum atomic E-state index is 15.3. The third-order valence-corrected chi connectivity index (χ3v) is 6.07. The Balaban J connectivity index is 1.68. The fraction of sp³-hybridized carbons (Fsp3) is 0.345. The van der Waals surface area contributed by atoms with Crippen molar-refractivity contribution in [1.82, 2.24) is 5.32 Å². The van der Waals surface area contributed by atoms with Gasteiger partial charge in [0.15, 0.2) is 11.5 Å². The van der Waals surface area contributed by atoms with Crippen LogP contribution in [0.3, 0.4) is 0 Å². The lowest BCUT2D eigenvalue weighted by Crippen LogP contribution is -2.32. The van der Waals surface area contributed by atoms with Crippen LogP contribution in [0.1, 0.15) is 37.5 Å². The molecule has 1 N–H and O–H groups in total. The van der Waals surface area contributed by atoms with E-state index in [1.807, 2.05) is 44.2 Å². The van der Waals surface area contributed by atoms with Crippen LogP contribution in [0, 0.1) is 19.7 Å². The van der Waals surface area contributed by atoms with Gasteiger partial charge in [-0.05, 0) is 80.6 Å². The van der Waals surface area contributed by atoms with E-state index in [0.717, 1.165) is 39.3 Å². The molecular formula is C29H32FNO5. The third kappa shape index (κ3) is 5.25. The number of benzene rings is 3. The number of methoxy groups -OCH3 is 1. The number of alkyl carbamates (subject to hydrolysis) is 1. The van der Waals surface area contributed by atoms with Crippen molar-refractivity contribution in [3.63, 3.8) is 0 Å². The molecule has 0 saturated carbocycles. The molecule has 0 spiro atoms. The smallest absolute Gasteiger partial charge is 0.407 e. The summed E-state index contributed by atoms with van der Waals surface area (Å²) in [5.41, 5.74) is 5.22. The Kier molecular flexibility index (Phi) is 7.11. The Morgan fingerprint density at radius 3 is 2.42 bits per heavy atom. The van der Waals surface area contributed by atoms with E-state index in [1.54, 1.807) is 26.8 Å². The van der Waals surface area contributed by atoms with Crippen LogP contribution in [0.4, 0.5) is 9.18 Å². The first-order chi connectivity index (χ1) is 17.1. The van der Waals surface area contributed by atoms with Crippen LogP contribution in [-0.2, 0) is 11.3 Å². The molecule has 1 heterocycles. The van der Waals surface area contributed by atoms with E-state index >= 15 is 4.39 Å². The zero-order valence-corrected chi connectivity index (χ0v) is 21.6. The minimum absolute atomic E-state index is 0.0559. The Labute approximate surface area is 211 Å². The van der Waals surface area contributed by atoms with Gasteiger partial charge in [-0.1, -0.05) is 24.3 Å². The maximum absolute atomic E-state index is 15.3. The number of rotatable bonds is 5. The average Bonchev–Trinajstić information content (AvgIpc) is 2.82. The van der Waals surface area contributed by atoms with Gasteiger partial charge in [0.05, 0.1) is 13.7 Å². The lowest BCUT2D eigenvalue weighted by molar-refractivity contribution is 0.0523. The summed E-state index contributed by atoms with van der Waals surface area (Å²) in [6.45, 7) is 10.3. The molecule has 1 amide bonds. The predicted molar refractivity (Wildman–Crippen MR) is 137 cm³/mol. The molecule has 4 rings (SSSR count). The highest BCUT2D eigenvalue weighted by Gasteiger charge is 2.21. The minimum Gasteiger partial charge on any atom is -0.496 e. The van der Waals surface area contributed by atoms with Crippen molar-refractivity contribution in [1.29, 1.82) is 0 Å². The van der Waals surface area contributed by atoms with Crippen molar-refractivity contribution in [3.05, 3.63) is 65.0 Å². The molecule has 190 valence electrons. The highest BCUT2D eigenvalue weighted by molar-refractivity contribution is 5.82. The second-order valence-electron chi connectivity index (χ2n) is 9.73. The summed E-state index contributed by atoms with van der Waals surface area (Å²) in [6.07, 6.45) is -0.619. The number of ether oxygens (including phenoxy) is 4. The van der Waals surface area contributed by atoms with Crippen molar-refractivity contribution in [2.75, 3.05) is 20.3 Å². The average molecular weight is 494 g/mol. The molecule has 0 aromatic heterocycles. The van der Waals surface area contributed by atoms with Gasteiger partial charge >= 0.3 is 6.09 Å². The standard InChI is InChI=1S/C29H32FNO5/c1-17-20(8-7-9-21(17)22-10-11-25-27(18(22)2)35-13-12-34-25)19-14-24(30)23(26(15-19)33-6)16-31-28(32)36-29(3,4)5/h7-11,14-15H,12-13,16H2,1-6H3,(H,31,32). The SMILES string of the molecule is COc1cc(-c2cccc(-c3ccc4c(c3C)OCCO4)c2C)cc(F)c1CNC(=O)OC(C)(C)C. The van der Waals surface area contributed by atoms with Gasteiger partial charge in [0, 0.05) is 11.1 Å². The Morgan fingerprint density at radius 2 is 1.69 bits per heavy atom. The predicted octanol–water partition coefficient (Wildman–Crippen LogP) is 6.58. The highest BCUT2D eigenvalue weighted by atomic mass is 19.1. The van der Waals surface area contributed by atoms with Gasteiger partial charge in [0.25, 0.3) is 0 Å². The van der Waals surface area contributed by atoms with E-state index in [-0.39, 0.29) is 12.1 Å². The van der Waals surface area contributed by atoms with Crippen LogP contribution in [0.2, 0.25) is 0 Å². The molecule has 1 aliphatic heterocycles. The topological polar surface area (TPSA) is 66.0 Å². The molecule has 3 aromatic rings. The molecule has 0 aliphatic carbocycles. The second-order valence-corrected chi connectivity index (χ2v) is 9.73. The Bertz CT molecular complexity index is 1300. The molecule has 0 bridgehead atoms. The van der Waals surface area contributed by atoms with Crippen LogP contribution >= 0.6 is 0 Å². The van der Waals surface area contributed by atoms with Crippen molar-refractivity contribution >= 4 is 6.09 Å². The Hall–Kier alpha value is -3.74. The second kappa shape index (κ2) is 10.1. The summed E-state index contributed by atoms with van der Waals surface area (Å²) in [5, 5.41) is 2.60. The maximum Gasteiger partial charge on any atom is 0.407 e. The van der Waals surface area contributed by atoms with Crippen LogP contribution in [0.25, 0.3) is 22.3 Å². The van der Waals surface area contributed by atoms with E-state index in [2.05, 4.69) is 5.32 Å². The number of amides is 1. The van der Waals surface area contributed by atoms with E-state index in [0.29, 0.717) is 24.5 Å². The summed E-state index contributed by atoms with van der Waals surface area (Å²) in [6, 6.07) is 13.2. The summed E-state index contributed by atoms with van der Waals surface area (Å²) in [7, 11) is 1.48. The summed E-state index contributed by atoms with van der Waals surface area (Å²) < 4.78 is 37.6. The van der Waals surface area contributed by atoms with Crippen molar-refractivity contribution < 1.29 is 28.1 Å². The number of halogens is 1. The summed E-state index contributed by atoms with van der Waals surface area (Å²) in [4.78, 5) is 12.1. The summed E-state index contributed by atoms with van der Waals surface area (Å²) >= 11 is 0. The Morgan fingerprint density at radius 1 is 1.00 bits per heavy atom. The van der Waals surface area contributed by atoms with Gasteiger partial charge < -0.3 is 24.3 Å². The summed E-state index contributed by atoms with van der Waals surface area (Å²) in [5.74, 6) is 1.39. The molecule has 0 radical (unpaired) electrons. The fourth-order valence-corrected chi connectivity index (χ4v) is 4.38. The van der Waals surface area contributed by atoms with E-state index in [1.165, 1.54) is 13.2 Å². The van der Waals surface area contributed by atoms with E-state index < -0.39 is 17.5 Å². The van der Waals surface area contributed by atoms with Crippen molar-refractivity contribution in [3.8, 4) is 39.5 Å². The molecule has 0 atom stereocenters. The molecular weight excluding hydrogens is 461 g/mol. The first-order valence-corrected chi connectivity index (χ1v) is 11.9. The van der Waals surface area contributed by atoms with Gasteiger partial charge in [-0.2, -0.15) is 0 Å². The monoisotopic (exact) mass is 493 g/mol. The number of hydrogen-bond acceptors (Lipinski definition) is 5. The quantitative estimate of drug-likeness (QED) is 0.435. The van der Waals surface area contributed by atoms with Gasteiger partial charge in [-0.3, -0.25) is 0 Å². The van der Waals surface area contributed by atoms with Crippen LogP contribution in [0.5, 0.6) is 17.2 Å². The molecule has 0 fully saturated rings. The zero-order valence-electron chi connectivity index (χ0n) is 21.6. The number of nitrogens with one attached hydrogen (secondary N) is 1.